The van der Waals surface area contributed by atoms with E-state index in [9.17, 15) is 13.5 Å². The van der Waals surface area contributed by atoms with Crippen molar-refractivity contribution in [1.82, 2.24) is 9.29 Å². The third-order valence-corrected chi connectivity index (χ3v) is 5.64. The van der Waals surface area contributed by atoms with Gasteiger partial charge in [-0.1, -0.05) is 12.8 Å². The van der Waals surface area contributed by atoms with E-state index in [1.165, 1.54) is 29.8 Å². The molecule has 1 aliphatic rings. The highest BCUT2D eigenvalue weighted by Crippen LogP contribution is 2.31. The average molecular weight is 349 g/mol. The number of sulfonamides is 1. The van der Waals surface area contributed by atoms with Crippen molar-refractivity contribution in [1.29, 1.82) is 0 Å². The Kier molecular flexibility index (Phi) is 4.29. The van der Waals surface area contributed by atoms with Crippen LogP contribution in [0.4, 0.5) is 0 Å². The van der Waals surface area contributed by atoms with Crippen LogP contribution in [-0.2, 0) is 10.0 Å². The van der Waals surface area contributed by atoms with Crippen LogP contribution in [0.3, 0.4) is 0 Å². The van der Waals surface area contributed by atoms with Crippen LogP contribution in [0.5, 0.6) is 0 Å². The maximum Gasteiger partial charge on any atom is 0.244 e. The number of hydrogen-bond donors (Lipinski definition) is 1. The van der Waals surface area contributed by atoms with Gasteiger partial charge in [0.1, 0.15) is 4.90 Å². The first kappa shape index (κ1) is 14.9. The minimum atomic E-state index is -3.61. The predicted octanol–water partition coefficient (Wildman–Crippen LogP) is 1.77. The summed E-state index contributed by atoms with van der Waals surface area (Å²) in [7, 11) is -2.11. The van der Waals surface area contributed by atoms with E-state index in [4.69, 9.17) is 0 Å². The summed E-state index contributed by atoms with van der Waals surface area (Å²) >= 11 is 3.21. The second-order valence-electron chi connectivity index (χ2n) is 5.03. The SMILES string of the molecule is CN(CC1(O)CCCC1)S(=O)(=O)c1cncc(Br)c1. The van der Waals surface area contributed by atoms with Gasteiger partial charge in [-0.2, -0.15) is 4.31 Å². The molecule has 1 N–H and O–H groups in total. The van der Waals surface area contributed by atoms with Gasteiger partial charge in [-0.25, -0.2) is 8.42 Å². The number of halogens is 1. The Morgan fingerprint density at radius 1 is 1.42 bits per heavy atom. The summed E-state index contributed by atoms with van der Waals surface area (Å²) in [6.45, 7) is 0.127. The van der Waals surface area contributed by atoms with E-state index in [2.05, 4.69) is 20.9 Å². The zero-order valence-electron chi connectivity index (χ0n) is 10.7. The highest BCUT2D eigenvalue weighted by Gasteiger charge is 2.35. The fraction of sp³-hybridized carbons (Fsp3) is 0.583. The lowest BCUT2D eigenvalue weighted by Gasteiger charge is -2.28. The van der Waals surface area contributed by atoms with E-state index < -0.39 is 15.6 Å². The number of nitrogens with zero attached hydrogens (tertiary/aromatic N) is 2. The zero-order chi connectivity index (χ0) is 14.1. The van der Waals surface area contributed by atoms with Crippen molar-refractivity contribution in [2.45, 2.75) is 36.2 Å². The first-order valence-electron chi connectivity index (χ1n) is 6.13. The molecule has 19 heavy (non-hydrogen) atoms. The van der Waals surface area contributed by atoms with Crippen LogP contribution in [0.1, 0.15) is 25.7 Å². The molecule has 1 aliphatic carbocycles. The Morgan fingerprint density at radius 2 is 2.05 bits per heavy atom. The normalized spacial score (nSPS) is 18.9. The third kappa shape index (κ3) is 3.34. The number of pyridine rings is 1. The van der Waals surface area contributed by atoms with Gasteiger partial charge in [-0.05, 0) is 34.8 Å². The molecule has 0 atom stereocenters. The Bertz CT molecular complexity index is 556. The maximum absolute atomic E-state index is 12.4. The molecule has 7 heteroatoms. The van der Waals surface area contributed by atoms with Crippen LogP contribution in [0.2, 0.25) is 0 Å². The summed E-state index contributed by atoms with van der Waals surface area (Å²) in [6.07, 6.45) is 6.05. The van der Waals surface area contributed by atoms with Gasteiger partial charge in [0.2, 0.25) is 10.0 Å². The summed E-state index contributed by atoms with van der Waals surface area (Å²) in [5, 5.41) is 10.3. The second kappa shape index (κ2) is 5.47. The predicted molar refractivity (Wildman–Crippen MR) is 75.2 cm³/mol. The van der Waals surface area contributed by atoms with Crippen LogP contribution >= 0.6 is 15.9 Å². The van der Waals surface area contributed by atoms with E-state index in [-0.39, 0.29) is 11.4 Å². The first-order chi connectivity index (χ1) is 8.83. The van der Waals surface area contributed by atoms with Gasteiger partial charge in [-0.3, -0.25) is 4.98 Å². The van der Waals surface area contributed by atoms with Crippen molar-refractivity contribution in [3.05, 3.63) is 22.9 Å². The van der Waals surface area contributed by atoms with Crippen LogP contribution in [0.15, 0.2) is 27.8 Å². The number of hydrogen-bond acceptors (Lipinski definition) is 4. The fourth-order valence-corrected chi connectivity index (χ4v) is 4.16. The molecule has 0 spiro atoms. The Morgan fingerprint density at radius 3 is 2.63 bits per heavy atom. The summed E-state index contributed by atoms with van der Waals surface area (Å²) in [6, 6.07) is 1.51. The van der Waals surface area contributed by atoms with E-state index in [0.717, 1.165) is 12.8 Å². The van der Waals surface area contributed by atoms with E-state index in [1.807, 2.05) is 0 Å². The lowest BCUT2D eigenvalue weighted by molar-refractivity contribution is 0.0333. The Labute approximate surface area is 121 Å². The van der Waals surface area contributed by atoms with Gasteiger partial charge in [0.05, 0.1) is 5.60 Å². The van der Waals surface area contributed by atoms with Crippen LogP contribution in [0.25, 0.3) is 0 Å². The summed E-state index contributed by atoms with van der Waals surface area (Å²) in [5.74, 6) is 0. The topological polar surface area (TPSA) is 70.5 Å². The molecule has 0 aromatic carbocycles. The minimum absolute atomic E-state index is 0.127. The summed E-state index contributed by atoms with van der Waals surface area (Å²) in [4.78, 5) is 4.00. The fourth-order valence-electron chi connectivity index (χ4n) is 2.40. The summed E-state index contributed by atoms with van der Waals surface area (Å²) < 4.78 is 26.6. The molecule has 0 amide bonds. The molecule has 1 aromatic heterocycles. The molecule has 0 unspecified atom stereocenters. The second-order valence-corrected chi connectivity index (χ2v) is 7.99. The molecule has 1 saturated carbocycles. The van der Waals surface area contributed by atoms with Gasteiger partial charge in [-0.15, -0.1) is 0 Å². The van der Waals surface area contributed by atoms with Crippen molar-refractivity contribution in [3.8, 4) is 0 Å². The number of aliphatic hydroxyl groups is 1. The number of rotatable bonds is 4. The van der Waals surface area contributed by atoms with Gasteiger partial charge in [0.15, 0.2) is 0 Å². The molecular weight excluding hydrogens is 332 g/mol. The van der Waals surface area contributed by atoms with Crippen molar-refractivity contribution >= 4 is 26.0 Å². The molecule has 0 radical (unpaired) electrons. The molecular formula is C12H17BrN2O3S. The lowest BCUT2D eigenvalue weighted by atomic mass is 10.0. The number of likely N-dealkylation sites (N-methyl/N-ethyl adjacent to an activating group) is 1. The Hall–Kier alpha value is -0.500. The first-order valence-corrected chi connectivity index (χ1v) is 8.36. The largest absolute Gasteiger partial charge is 0.389 e. The monoisotopic (exact) mass is 348 g/mol. The molecule has 5 nitrogen and oxygen atoms in total. The van der Waals surface area contributed by atoms with E-state index >= 15 is 0 Å². The van der Waals surface area contributed by atoms with Crippen molar-refractivity contribution in [3.63, 3.8) is 0 Å². The average Bonchev–Trinajstić information content (AvgIpc) is 2.75. The van der Waals surface area contributed by atoms with E-state index in [0.29, 0.717) is 17.3 Å². The standard InChI is InChI=1S/C12H17BrN2O3S/c1-15(9-12(16)4-2-3-5-12)19(17,18)11-6-10(13)7-14-8-11/h6-8,16H,2-5,9H2,1H3. The van der Waals surface area contributed by atoms with Crippen LogP contribution in [0, 0.1) is 0 Å². The van der Waals surface area contributed by atoms with Crippen molar-refractivity contribution < 1.29 is 13.5 Å². The smallest absolute Gasteiger partial charge is 0.244 e. The zero-order valence-corrected chi connectivity index (χ0v) is 13.1. The van der Waals surface area contributed by atoms with Gasteiger partial charge in [0, 0.05) is 30.5 Å². The molecule has 0 bridgehead atoms. The lowest BCUT2D eigenvalue weighted by Crippen LogP contribution is -2.42. The minimum Gasteiger partial charge on any atom is -0.389 e. The van der Waals surface area contributed by atoms with E-state index in [1.54, 1.807) is 0 Å². The highest BCUT2D eigenvalue weighted by atomic mass is 79.9. The molecule has 1 heterocycles. The highest BCUT2D eigenvalue weighted by molar-refractivity contribution is 9.10. The van der Waals surface area contributed by atoms with Crippen molar-refractivity contribution in [2.24, 2.45) is 0 Å². The number of aromatic nitrogens is 1. The molecule has 0 aliphatic heterocycles. The molecule has 1 aromatic rings. The van der Waals surface area contributed by atoms with Gasteiger partial charge >= 0.3 is 0 Å². The maximum atomic E-state index is 12.4. The molecule has 1 fully saturated rings. The molecule has 0 saturated heterocycles. The van der Waals surface area contributed by atoms with Crippen LogP contribution < -0.4 is 0 Å². The molecule has 2 rings (SSSR count). The Balaban J connectivity index is 2.19. The van der Waals surface area contributed by atoms with Gasteiger partial charge < -0.3 is 5.11 Å². The molecule has 106 valence electrons. The summed E-state index contributed by atoms with van der Waals surface area (Å²) in [5.41, 5.74) is -0.888. The third-order valence-electron chi connectivity index (χ3n) is 3.44. The van der Waals surface area contributed by atoms with Crippen LogP contribution in [-0.4, -0.2) is 42.0 Å². The van der Waals surface area contributed by atoms with Crippen molar-refractivity contribution in [2.75, 3.05) is 13.6 Å². The van der Waals surface area contributed by atoms with Gasteiger partial charge in [0.25, 0.3) is 0 Å². The quantitative estimate of drug-likeness (QED) is 0.899.